The van der Waals surface area contributed by atoms with Crippen LogP contribution in [-0.4, -0.2) is 17.0 Å². The lowest BCUT2D eigenvalue weighted by atomic mass is 9.83. The van der Waals surface area contributed by atoms with Gasteiger partial charge in [0, 0.05) is 0 Å². The van der Waals surface area contributed by atoms with Gasteiger partial charge in [-0.3, -0.25) is 0 Å². The molecule has 0 radical (unpaired) electrons. The van der Waals surface area contributed by atoms with Gasteiger partial charge < -0.3 is 9.84 Å². The zero-order valence-electron chi connectivity index (χ0n) is 16.1. The Morgan fingerprint density at radius 3 is 1.85 bits per heavy atom. The standard InChI is InChI=1S/C23H28O4/c1-3-5-16-23(17-6-4-2,20-10-8-7-9-11-20)27-22(26)19-14-12-18(13-15-19)21(24)25/h7-15H,3-6,16-17H2,1-2H3,(H,24,25). The lowest BCUT2D eigenvalue weighted by molar-refractivity contribution is -0.0335. The Morgan fingerprint density at radius 2 is 1.37 bits per heavy atom. The van der Waals surface area contributed by atoms with E-state index in [-0.39, 0.29) is 5.56 Å². The summed E-state index contributed by atoms with van der Waals surface area (Å²) in [6.07, 6.45) is 5.50. The van der Waals surface area contributed by atoms with Crippen LogP contribution >= 0.6 is 0 Å². The Hall–Kier alpha value is -2.62. The first kappa shape index (κ1) is 20.7. The van der Waals surface area contributed by atoms with Crippen molar-refractivity contribution >= 4 is 11.9 Å². The summed E-state index contributed by atoms with van der Waals surface area (Å²) in [6.45, 7) is 4.25. The summed E-state index contributed by atoms with van der Waals surface area (Å²) in [5, 5.41) is 9.03. The summed E-state index contributed by atoms with van der Waals surface area (Å²) in [7, 11) is 0. The van der Waals surface area contributed by atoms with Crippen LogP contribution in [0.2, 0.25) is 0 Å². The quantitative estimate of drug-likeness (QED) is 0.537. The third-order valence-electron chi connectivity index (χ3n) is 4.82. The number of carboxylic acid groups (broad SMARTS) is 1. The van der Waals surface area contributed by atoms with E-state index in [4.69, 9.17) is 9.84 Å². The number of hydrogen-bond donors (Lipinski definition) is 1. The van der Waals surface area contributed by atoms with Crippen LogP contribution < -0.4 is 0 Å². The zero-order valence-corrected chi connectivity index (χ0v) is 16.1. The molecule has 0 atom stereocenters. The predicted molar refractivity (Wildman–Crippen MR) is 106 cm³/mol. The molecule has 0 saturated heterocycles. The van der Waals surface area contributed by atoms with Crippen molar-refractivity contribution in [3.63, 3.8) is 0 Å². The number of carboxylic acids is 1. The summed E-state index contributed by atoms with van der Waals surface area (Å²) in [5.41, 5.74) is 0.879. The van der Waals surface area contributed by atoms with Crippen molar-refractivity contribution in [2.24, 2.45) is 0 Å². The smallest absolute Gasteiger partial charge is 0.339 e. The number of ether oxygens (including phenoxy) is 1. The fourth-order valence-electron chi connectivity index (χ4n) is 3.23. The maximum Gasteiger partial charge on any atom is 0.339 e. The minimum atomic E-state index is -1.01. The molecule has 0 aliphatic heterocycles. The third kappa shape index (κ3) is 5.43. The van der Waals surface area contributed by atoms with Crippen LogP contribution in [0.15, 0.2) is 54.6 Å². The number of esters is 1. The van der Waals surface area contributed by atoms with Gasteiger partial charge in [-0.1, -0.05) is 57.0 Å². The van der Waals surface area contributed by atoms with Crippen molar-refractivity contribution in [3.8, 4) is 0 Å². The third-order valence-corrected chi connectivity index (χ3v) is 4.82. The van der Waals surface area contributed by atoms with Gasteiger partial charge in [-0.05, 0) is 55.5 Å². The number of benzene rings is 2. The van der Waals surface area contributed by atoms with Crippen molar-refractivity contribution in [2.45, 2.75) is 58.0 Å². The molecule has 144 valence electrons. The van der Waals surface area contributed by atoms with E-state index in [1.165, 1.54) is 24.3 Å². The molecule has 27 heavy (non-hydrogen) atoms. The first-order valence-corrected chi connectivity index (χ1v) is 9.64. The summed E-state index contributed by atoms with van der Waals surface area (Å²) in [6, 6.07) is 15.8. The van der Waals surface area contributed by atoms with Gasteiger partial charge in [-0.2, -0.15) is 0 Å². The molecule has 1 N–H and O–H groups in total. The first-order valence-electron chi connectivity index (χ1n) is 9.64. The molecule has 0 heterocycles. The largest absolute Gasteiger partial charge is 0.478 e. The highest BCUT2D eigenvalue weighted by Crippen LogP contribution is 2.37. The Kier molecular flexibility index (Phi) is 7.59. The van der Waals surface area contributed by atoms with Crippen molar-refractivity contribution in [1.29, 1.82) is 0 Å². The van der Waals surface area contributed by atoms with E-state index in [2.05, 4.69) is 13.8 Å². The van der Waals surface area contributed by atoms with Gasteiger partial charge in [0.15, 0.2) is 0 Å². The van der Waals surface area contributed by atoms with Gasteiger partial charge >= 0.3 is 11.9 Å². The van der Waals surface area contributed by atoms with E-state index in [9.17, 15) is 9.59 Å². The van der Waals surface area contributed by atoms with Gasteiger partial charge in [0.2, 0.25) is 0 Å². The zero-order chi connectivity index (χ0) is 19.7. The molecule has 0 unspecified atom stereocenters. The summed E-state index contributed by atoms with van der Waals surface area (Å²) < 4.78 is 6.13. The van der Waals surface area contributed by atoms with Crippen molar-refractivity contribution in [1.82, 2.24) is 0 Å². The molecule has 0 amide bonds. The lowest BCUT2D eigenvalue weighted by Gasteiger charge is -2.34. The summed E-state index contributed by atoms with van der Waals surface area (Å²) in [4.78, 5) is 23.9. The SMILES string of the molecule is CCCCC(CCCC)(OC(=O)c1ccc(C(=O)O)cc1)c1ccccc1. The molecular formula is C23H28O4. The molecule has 0 bridgehead atoms. The number of carbonyl (C=O) groups is 2. The molecule has 0 fully saturated rings. The van der Waals surface area contributed by atoms with Gasteiger partial charge in [0.05, 0.1) is 11.1 Å². The monoisotopic (exact) mass is 368 g/mol. The van der Waals surface area contributed by atoms with Crippen molar-refractivity contribution in [2.75, 3.05) is 0 Å². The number of unbranched alkanes of at least 4 members (excludes halogenated alkanes) is 2. The van der Waals surface area contributed by atoms with E-state index in [1.807, 2.05) is 30.3 Å². The fraction of sp³-hybridized carbons (Fsp3) is 0.391. The highest BCUT2D eigenvalue weighted by molar-refractivity contribution is 5.92. The molecule has 0 aliphatic rings. The Balaban J connectivity index is 2.33. The van der Waals surface area contributed by atoms with E-state index < -0.39 is 17.5 Å². The average Bonchev–Trinajstić information content (AvgIpc) is 2.70. The predicted octanol–water partition coefficient (Wildman–Crippen LogP) is 5.82. The fourth-order valence-corrected chi connectivity index (χ4v) is 3.23. The molecule has 4 heteroatoms. The molecule has 2 rings (SSSR count). The molecule has 0 saturated carbocycles. The van der Waals surface area contributed by atoms with E-state index in [1.54, 1.807) is 0 Å². The number of rotatable bonds is 10. The van der Waals surface area contributed by atoms with Gasteiger partial charge in [-0.15, -0.1) is 0 Å². The van der Waals surface area contributed by atoms with Gasteiger partial charge in [0.1, 0.15) is 5.60 Å². The van der Waals surface area contributed by atoms with Gasteiger partial charge in [-0.25, -0.2) is 9.59 Å². The molecule has 2 aromatic rings. The highest BCUT2D eigenvalue weighted by Gasteiger charge is 2.35. The molecule has 2 aromatic carbocycles. The molecule has 4 nitrogen and oxygen atoms in total. The van der Waals surface area contributed by atoms with Crippen LogP contribution in [0.1, 0.15) is 78.7 Å². The second-order valence-electron chi connectivity index (χ2n) is 6.84. The Bertz CT molecular complexity index is 727. The second kappa shape index (κ2) is 9.91. The Morgan fingerprint density at radius 1 is 0.852 bits per heavy atom. The maximum atomic E-state index is 12.9. The average molecular weight is 368 g/mol. The van der Waals surface area contributed by atoms with Crippen LogP contribution in [0.4, 0.5) is 0 Å². The van der Waals surface area contributed by atoms with E-state index >= 15 is 0 Å². The number of aromatic carboxylic acids is 1. The van der Waals surface area contributed by atoms with Gasteiger partial charge in [0.25, 0.3) is 0 Å². The minimum Gasteiger partial charge on any atom is -0.478 e. The number of carbonyl (C=O) groups excluding carboxylic acids is 1. The first-order chi connectivity index (χ1) is 13.0. The minimum absolute atomic E-state index is 0.151. The maximum absolute atomic E-state index is 12.9. The van der Waals surface area contributed by atoms with Crippen LogP contribution in [0, 0.1) is 0 Å². The van der Waals surface area contributed by atoms with E-state index in [0.29, 0.717) is 5.56 Å². The number of hydrogen-bond acceptors (Lipinski definition) is 3. The molecule has 0 aromatic heterocycles. The Labute approximate surface area is 161 Å². The van der Waals surface area contributed by atoms with Crippen molar-refractivity contribution in [3.05, 3.63) is 71.3 Å². The van der Waals surface area contributed by atoms with Crippen LogP contribution in [-0.2, 0) is 10.3 Å². The van der Waals surface area contributed by atoms with E-state index in [0.717, 1.165) is 44.1 Å². The van der Waals surface area contributed by atoms with Crippen molar-refractivity contribution < 1.29 is 19.4 Å². The topological polar surface area (TPSA) is 63.6 Å². The molecule has 0 aliphatic carbocycles. The lowest BCUT2D eigenvalue weighted by Crippen LogP contribution is -2.33. The second-order valence-corrected chi connectivity index (χ2v) is 6.84. The van der Waals surface area contributed by atoms with Crippen LogP contribution in [0.25, 0.3) is 0 Å². The van der Waals surface area contributed by atoms with Crippen LogP contribution in [0.5, 0.6) is 0 Å². The molecular weight excluding hydrogens is 340 g/mol. The summed E-state index contributed by atoms with van der Waals surface area (Å²) >= 11 is 0. The van der Waals surface area contributed by atoms with Crippen LogP contribution in [0.3, 0.4) is 0 Å². The summed E-state index contributed by atoms with van der Waals surface area (Å²) in [5.74, 6) is -1.43. The highest BCUT2D eigenvalue weighted by atomic mass is 16.6. The normalized spacial score (nSPS) is 11.2. The molecule has 0 spiro atoms.